The lowest BCUT2D eigenvalue weighted by Crippen LogP contribution is -2.47. The van der Waals surface area contributed by atoms with Crippen molar-refractivity contribution < 1.29 is 9.18 Å². The molecule has 1 fully saturated rings. The van der Waals surface area contributed by atoms with Gasteiger partial charge in [-0.2, -0.15) is 0 Å². The first-order valence-corrected chi connectivity index (χ1v) is 8.43. The van der Waals surface area contributed by atoms with Crippen LogP contribution in [0.25, 0.3) is 0 Å². The van der Waals surface area contributed by atoms with E-state index in [9.17, 15) is 9.18 Å². The molecule has 0 spiro atoms. The van der Waals surface area contributed by atoms with Gasteiger partial charge in [0.05, 0.1) is 6.04 Å². The average Bonchev–Trinajstić information content (AvgIpc) is 2.49. The molecular weight excluding hydrogens is 293 g/mol. The predicted octanol–water partition coefficient (Wildman–Crippen LogP) is 3.31. The maximum Gasteiger partial charge on any atom is 0.315 e. The quantitative estimate of drug-likeness (QED) is 0.874. The van der Waals surface area contributed by atoms with Gasteiger partial charge in [0.25, 0.3) is 0 Å². The van der Waals surface area contributed by atoms with Crippen LogP contribution in [0.2, 0.25) is 0 Å². The van der Waals surface area contributed by atoms with Crippen molar-refractivity contribution in [2.45, 2.75) is 44.7 Å². The summed E-state index contributed by atoms with van der Waals surface area (Å²) in [6.45, 7) is 2.64. The zero-order valence-electron chi connectivity index (χ0n) is 14.3. The minimum Gasteiger partial charge on any atom is -0.336 e. The van der Waals surface area contributed by atoms with Crippen molar-refractivity contribution in [3.05, 3.63) is 35.6 Å². The molecule has 1 aliphatic rings. The van der Waals surface area contributed by atoms with E-state index in [-0.39, 0.29) is 23.9 Å². The Bertz CT molecular complexity index is 521. The lowest BCUT2D eigenvalue weighted by atomic mass is 9.86. The summed E-state index contributed by atoms with van der Waals surface area (Å²) in [6.07, 6.45) is 4.66. The van der Waals surface area contributed by atoms with Crippen molar-refractivity contribution in [1.29, 1.82) is 0 Å². The number of carbonyl (C=O) groups is 1. The average molecular weight is 321 g/mol. The number of benzene rings is 1. The predicted molar refractivity (Wildman–Crippen MR) is 90.8 cm³/mol. The Morgan fingerprint density at radius 3 is 2.74 bits per heavy atom. The summed E-state index contributed by atoms with van der Waals surface area (Å²) in [5, 5.41) is 6.02. The fraction of sp³-hybridized carbons (Fsp3) is 0.611. The fourth-order valence-electron chi connectivity index (χ4n) is 3.25. The van der Waals surface area contributed by atoms with Gasteiger partial charge in [0.2, 0.25) is 0 Å². The molecule has 0 radical (unpaired) electrons. The van der Waals surface area contributed by atoms with E-state index in [0.717, 1.165) is 12.0 Å². The lowest BCUT2D eigenvalue weighted by Gasteiger charge is -2.30. The normalized spacial score (nSPS) is 22.7. The number of nitrogens with one attached hydrogen (secondary N) is 2. The highest BCUT2D eigenvalue weighted by atomic mass is 19.1. The Morgan fingerprint density at radius 2 is 2.09 bits per heavy atom. The van der Waals surface area contributed by atoms with Crippen LogP contribution in [0.15, 0.2) is 24.3 Å². The van der Waals surface area contributed by atoms with Crippen LogP contribution in [-0.4, -0.2) is 37.6 Å². The van der Waals surface area contributed by atoms with Crippen molar-refractivity contribution in [3.63, 3.8) is 0 Å². The summed E-state index contributed by atoms with van der Waals surface area (Å²) in [4.78, 5) is 14.2. The number of halogens is 1. The summed E-state index contributed by atoms with van der Waals surface area (Å²) in [7, 11) is 3.86. The van der Waals surface area contributed by atoms with E-state index in [1.807, 2.05) is 25.1 Å². The number of amides is 2. The molecule has 128 valence electrons. The largest absolute Gasteiger partial charge is 0.336 e. The molecule has 5 heteroatoms. The van der Waals surface area contributed by atoms with Crippen LogP contribution in [0.1, 0.15) is 44.2 Å². The zero-order chi connectivity index (χ0) is 16.8. The van der Waals surface area contributed by atoms with Crippen molar-refractivity contribution >= 4 is 6.03 Å². The molecule has 2 amide bonds. The molecule has 1 aromatic rings. The molecule has 1 aromatic carbocycles. The first-order chi connectivity index (χ1) is 11.0. The summed E-state index contributed by atoms with van der Waals surface area (Å²) in [5.41, 5.74) is 0.862. The van der Waals surface area contributed by atoms with E-state index >= 15 is 0 Å². The second-order valence-electron chi connectivity index (χ2n) is 6.76. The van der Waals surface area contributed by atoms with Crippen molar-refractivity contribution in [2.75, 3.05) is 20.6 Å². The van der Waals surface area contributed by atoms with Gasteiger partial charge in [-0.1, -0.05) is 31.9 Å². The van der Waals surface area contributed by atoms with Gasteiger partial charge >= 0.3 is 6.03 Å². The van der Waals surface area contributed by atoms with Crippen molar-refractivity contribution in [2.24, 2.45) is 5.92 Å². The van der Waals surface area contributed by atoms with Crippen LogP contribution in [-0.2, 0) is 0 Å². The molecule has 0 bridgehead atoms. The third-order valence-corrected chi connectivity index (χ3v) is 4.74. The van der Waals surface area contributed by atoms with E-state index in [0.29, 0.717) is 12.5 Å². The highest BCUT2D eigenvalue weighted by molar-refractivity contribution is 5.74. The maximum absolute atomic E-state index is 13.4. The number of rotatable bonds is 5. The molecule has 0 aliphatic heterocycles. The third-order valence-electron chi connectivity index (χ3n) is 4.74. The second-order valence-corrected chi connectivity index (χ2v) is 6.76. The Morgan fingerprint density at radius 1 is 1.35 bits per heavy atom. The maximum atomic E-state index is 13.4. The minimum atomic E-state index is -0.255. The number of hydrogen-bond donors (Lipinski definition) is 2. The van der Waals surface area contributed by atoms with Gasteiger partial charge in [-0.3, -0.25) is 0 Å². The molecule has 2 N–H and O–H groups in total. The highest BCUT2D eigenvalue weighted by Gasteiger charge is 2.23. The monoisotopic (exact) mass is 321 g/mol. The second kappa shape index (κ2) is 8.29. The van der Waals surface area contributed by atoms with Gasteiger partial charge < -0.3 is 15.5 Å². The molecule has 1 aliphatic carbocycles. The van der Waals surface area contributed by atoms with Crippen LogP contribution in [0.3, 0.4) is 0 Å². The minimum absolute atomic E-state index is 0.0553. The number of urea groups is 1. The molecule has 0 heterocycles. The molecule has 0 saturated heterocycles. The third kappa shape index (κ3) is 5.20. The summed E-state index contributed by atoms with van der Waals surface area (Å²) in [5.74, 6) is 0.275. The zero-order valence-corrected chi connectivity index (χ0v) is 14.3. The Labute approximate surface area is 138 Å². The SMILES string of the molecule is CC1CCCCC1NC(=O)NCC(c1cccc(F)c1)N(C)C. The van der Waals surface area contributed by atoms with Crippen molar-refractivity contribution in [3.8, 4) is 0 Å². The van der Waals surface area contributed by atoms with Crippen LogP contribution in [0.5, 0.6) is 0 Å². The molecule has 3 unspecified atom stereocenters. The van der Waals surface area contributed by atoms with E-state index in [2.05, 4.69) is 17.6 Å². The molecular formula is C18H28FN3O. The summed E-state index contributed by atoms with van der Waals surface area (Å²) < 4.78 is 13.4. The standard InChI is InChI=1S/C18H28FN3O/c1-13-7-4-5-10-16(13)21-18(23)20-12-17(22(2)3)14-8-6-9-15(19)11-14/h6,8-9,11,13,16-17H,4-5,7,10,12H2,1-3H3,(H2,20,21,23). The van der Waals surface area contributed by atoms with E-state index in [1.54, 1.807) is 6.07 Å². The number of nitrogens with zero attached hydrogens (tertiary/aromatic N) is 1. The molecule has 4 nitrogen and oxygen atoms in total. The van der Waals surface area contributed by atoms with E-state index in [1.165, 1.54) is 31.4 Å². The number of likely N-dealkylation sites (N-methyl/N-ethyl adjacent to an activating group) is 1. The Hall–Kier alpha value is -1.62. The van der Waals surface area contributed by atoms with Gasteiger partial charge in [-0.25, -0.2) is 9.18 Å². The van der Waals surface area contributed by atoms with Gasteiger partial charge in [0.15, 0.2) is 0 Å². The smallest absolute Gasteiger partial charge is 0.315 e. The first kappa shape index (κ1) is 17.7. The van der Waals surface area contributed by atoms with Crippen molar-refractivity contribution in [1.82, 2.24) is 15.5 Å². The lowest BCUT2D eigenvalue weighted by molar-refractivity contribution is 0.216. The Balaban J connectivity index is 1.89. The fourth-order valence-corrected chi connectivity index (χ4v) is 3.25. The first-order valence-electron chi connectivity index (χ1n) is 8.43. The van der Waals surface area contributed by atoms with Gasteiger partial charge in [0, 0.05) is 12.6 Å². The molecule has 3 atom stereocenters. The molecule has 1 saturated carbocycles. The van der Waals surface area contributed by atoms with Crippen LogP contribution >= 0.6 is 0 Å². The Kier molecular flexibility index (Phi) is 6.39. The summed E-state index contributed by atoms with van der Waals surface area (Å²) >= 11 is 0. The van der Waals surface area contributed by atoms with Crippen LogP contribution < -0.4 is 10.6 Å². The van der Waals surface area contributed by atoms with E-state index < -0.39 is 0 Å². The van der Waals surface area contributed by atoms with Crippen LogP contribution in [0.4, 0.5) is 9.18 Å². The molecule has 23 heavy (non-hydrogen) atoms. The highest BCUT2D eigenvalue weighted by Crippen LogP contribution is 2.23. The topological polar surface area (TPSA) is 44.4 Å². The number of carbonyl (C=O) groups excluding carboxylic acids is 1. The number of hydrogen-bond acceptors (Lipinski definition) is 2. The van der Waals surface area contributed by atoms with Crippen LogP contribution in [0, 0.1) is 11.7 Å². The summed E-state index contributed by atoms with van der Waals surface area (Å²) in [6, 6.07) is 6.61. The van der Waals surface area contributed by atoms with E-state index in [4.69, 9.17) is 0 Å². The van der Waals surface area contributed by atoms with Gasteiger partial charge in [-0.05, 0) is 50.6 Å². The van der Waals surface area contributed by atoms with Gasteiger partial charge in [-0.15, -0.1) is 0 Å². The molecule has 0 aromatic heterocycles. The molecule has 2 rings (SSSR count). The van der Waals surface area contributed by atoms with Gasteiger partial charge in [0.1, 0.15) is 5.82 Å².